The van der Waals surface area contributed by atoms with Crippen LogP contribution in [0.4, 0.5) is 11.6 Å². The quantitative estimate of drug-likeness (QED) is 0.283. The highest BCUT2D eigenvalue weighted by Crippen LogP contribution is 2.33. The Bertz CT molecular complexity index is 1410. The van der Waals surface area contributed by atoms with E-state index in [1.54, 1.807) is 30.3 Å². The molecule has 32 heavy (non-hydrogen) atoms. The summed E-state index contributed by atoms with van der Waals surface area (Å²) < 4.78 is 0. The Hall–Kier alpha value is -4.28. The number of carbonyl (C=O) groups excluding carboxylic acids is 1. The van der Waals surface area contributed by atoms with Gasteiger partial charge in [0.2, 0.25) is 5.95 Å². The first kappa shape index (κ1) is 21.0. The van der Waals surface area contributed by atoms with Crippen LogP contribution in [0.15, 0.2) is 54.7 Å². The molecule has 4 rings (SSSR count). The Kier molecular flexibility index (Phi) is 5.54. The van der Waals surface area contributed by atoms with Gasteiger partial charge in [-0.3, -0.25) is 4.79 Å². The fraction of sp³-hybridized carbons (Fsp3) is 0.0417. The van der Waals surface area contributed by atoms with Crippen LogP contribution in [0.2, 0.25) is 5.02 Å². The Labute approximate surface area is 189 Å². The topological polar surface area (TPSA) is 137 Å². The van der Waals surface area contributed by atoms with Gasteiger partial charge in [0.15, 0.2) is 0 Å². The molecule has 0 bridgehead atoms. The summed E-state index contributed by atoms with van der Waals surface area (Å²) in [6.45, 7) is 1.92. The number of rotatable bonds is 3. The Morgan fingerprint density at radius 2 is 1.91 bits per heavy atom. The summed E-state index contributed by atoms with van der Waals surface area (Å²) in [6, 6.07) is 14.3. The van der Waals surface area contributed by atoms with E-state index >= 15 is 0 Å². The van der Waals surface area contributed by atoms with Gasteiger partial charge >= 0.3 is 0 Å². The van der Waals surface area contributed by atoms with Crippen molar-refractivity contribution in [1.82, 2.24) is 15.0 Å². The summed E-state index contributed by atoms with van der Waals surface area (Å²) in [4.78, 5) is 23.9. The number of nitrogens with one attached hydrogen (secondary N) is 1. The molecule has 1 amide bonds. The van der Waals surface area contributed by atoms with Crippen LogP contribution < -0.4 is 17.2 Å². The van der Waals surface area contributed by atoms with Crippen molar-refractivity contribution in [3.8, 4) is 34.5 Å². The van der Waals surface area contributed by atoms with Crippen molar-refractivity contribution in [2.45, 2.75) is 6.92 Å². The number of carbonyl (C=O) groups is 1. The molecule has 0 spiro atoms. The number of benzene rings is 2. The third-order valence-corrected chi connectivity index (χ3v) is 5.08. The van der Waals surface area contributed by atoms with E-state index in [0.29, 0.717) is 38.9 Å². The van der Waals surface area contributed by atoms with Crippen LogP contribution in [0.3, 0.4) is 0 Å². The van der Waals surface area contributed by atoms with Gasteiger partial charge < -0.3 is 22.2 Å². The maximum atomic E-state index is 12.2. The van der Waals surface area contributed by atoms with Gasteiger partial charge in [0.05, 0.1) is 22.5 Å². The fourth-order valence-electron chi connectivity index (χ4n) is 3.30. The van der Waals surface area contributed by atoms with Crippen molar-refractivity contribution in [2.24, 2.45) is 5.73 Å². The second-order valence-corrected chi connectivity index (χ2v) is 7.60. The van der Waals surface area contributed by atoms with Gasteiger partial charge in [-0.2, -0.15) is 0 Å². The number of hydrogen-bond donors (Lipinski definition) is 4. The molecule has 0 aliphatic carbocycles. The maximum absolute atomic E-state index is 12.2. The fourth-order valence-corrected chi connectivity index (χ4v) is 3.47. The molecule has 0 saturated heterocycles. The van der Waals surface area contributed by atoms with Crippen LogP contribution in [0.5, 0.6) is 0 Å². The van der Waals surface area contributed by atoms with Crippen LogP contribution >= 0.6 is 11.6 Å². The van der Waals surface area contributed by atoms with Crippen molar-refractivity contribution in [3.63, 3.8) is 0 Å². The number of nitrogens with two attached hydrogens (primary N) is 3. The molecule has 8 heteroatoms. The number of halogens is 1. The lowest BCUT2D eigenvalue weighted by Crippen LogP contribution is -2.11. The summed E-state index contributed by atoms with van der Waals surface area (Å²) in [5, 5.41) is 0.539. The molecule has 0 atom stereocenters. The number of nitrogen functional groups attached to an aromatic ring is 2. The average Bonchev–Trinajstić information content (AvgIpc) is 3.20. The van der Waals surface area contributed by atoms with E-state index < -0.39 is 5.91 Å². The second kappa shape index (κ2) is 8.46. The number of aryl methyl sites for hydroxylation is 1. The number of hydrogen-bond acceptors (Lipinski definition) is 5. The first-order valence-electron chi connectivity index (χ1n) is 9.61. The maximum Gasteiger partial charge on any atom is 0.250 e. The largest absolute Gasteiger partial charge is 0.399 e. The molecule has 0 radical (unpaired) electrons. The molecule has 7 nitrogen and oxygen atoms in total. The lowest BCUT2D eigenvalue weighted by atomic mass is 10.0. The van der Waals surface area contributed by atoms with Crippen LogP contribution in [0.25, 0.3) is 22.6 Å². The molecular weight excluding hydrogens is 424 g/mol. The summed E-state index contributed by atoms with van der Waals surface area (Å²) in [6.07, 6.45) is 1.53. The van der Waals surface area contributed by atoms with Crippen LogP contribution in [0.1, 0.15) is 27.0 Å². The molecule has 2 aromatic heterocycles. The SMILES string of the molecule is Cc1ccc(Cl)cc1-c1[nH]c(-c2nc(N)ncc2C#Cc2cccc(N)c2)cc1C(N)=O. The van der Waals surface area contributed by atoms with E-state index in [0.717, 1.165) is 16.7 Å². The summed E-state index contributed by atoms with van der Waals surface area (Å²) in [5.74, 6) is 5.59. The number of nitrogens with zero attached hydrogens (tertiary/aromatic N) is 2. The van der Waals surface area contributed by atoms with Crippen LogP contribution in [0, 0.1) is 18.8 Å². The van der Waals surface area contributed by atoms with Gasteiger partial charge in [-0.05, 0) is 48.9 Å². The number of anilines is 2. The molecule has 0 aliphatic heterocycles. The molecule has 2 aromatic carbocycles. The number of amides is 1. The lowest BCUT2D eigenvalue weighted by molar-refractivity contribution is 0.100. The molecule has 0 fully saturated rings. The standard InChI is InChI=1S/C24H19ClN6O/c1-13-5-8-16(25)10-18(13)22-19(23(27)32)11-20(30-22)21-15(12-29-24(28)31-21)7-6-14-3-2-4-17(26)9-14/h2-5,8-12,30H,26H2,1H3,(H2,27,32)(H2,28,29,31). The van der Waals surface area contributed by atoms with Gasteiger partial charge in [0.1, 0.15) is 5.69 Å². The summed E-state index contributed by atoms with van der Waals surface area (Å²) in [5.41, 5.74) is 22.7. The van der Waals surface area contributed by atoms with Gasteiger partial charge in [-0.15, -0.1) is 0 Å². The van der Waals surface area contributed by atoms with E-state index in [1.807, 2.05) is 25.1 Å². The normalized spacial score (nSPS) is 10.4. The van der Waals surface area contributed by atoms with E-state index in [2.05, 4.69) is 26.8 Å². The summed E-state index contributed by atoms with van der Waals surface area (Å²) in [7, 11) is 0. The predicted octanol–water partition coefficient (Wildman–Crippen LogP) is 3.76. The Morgan fingerprint density at radius 3 is 2.66 bits per heavy atom. The second-order valence-electron chi connectivity index (χ2n) is 7.16. The van der Waals surface area contributed by atoms with Crippen LogP contribution in [-0.4, -0.2) is 20.9 Å². The number of primary amides is 1. The van der Waals surface area contributed by atoms with Crippen LogP contribution in [-0.2, 0) is 0 Å². The van der Waals surface area contributed by atoms with Gasteiger partial charge in [0, 0.05) is 28.0 Å². The van der Waals surface area contributed by atoms with Gasteiger partial charge in [0.25, 0.3) is 5.91 Å². The van der Waals surface area contributed by atoms with E-state index in [-0.39, 0.29) is 5.95 Å². The first-order chi connectivity index (χ1) is 15.3. The lowest BCUT2D eigenvalue weighted by Gasteiger charge is -2.07. The monoisotopic (exact) mass is 442 g/mol. The molecule has 4 aromatic rings. The van der Waals surface area contributed by atoms with Crippen molar-refractivity contribution >= 4 is 29.1 Å². The van der Waals surface area contributed by atoms with Gasteiger partial charge in [-0.25, -0.2) is 9.97 Å². The highest BCUT2D eigenvalue weighted by Gasteiger charge is 2.19. The third kappa shape index (κ3) is 4.26. The Balaban J connectivity index is 1.87. The minimum Gasteiger partial charge on any atom is -0.399 e. The molecule has 2 heterocycles. The number of aromatic nitrogens is 3. The van der Waals surface area contributed by atoms with Crippen molar-refractivity contribution < 1.29 is 4.79 Å². The predicted molar refractivity (Wildman–Crippen MR) is 127 cm³/mol. The van der Waals surface area contributed by atoms with Crippen molar-refractivity contribution in [3.05, 3.63) is 82.0 Å². The van der Waals surface area contributed by atoms with Gasteiger partial charge in [-0.1, -0.05) is 35.6 Å². The minimum atomic E-state index is -0.587. The van der Waals surface area contributed by atoms with Crippen molar-refractivity contribution in [2.75, 3.05) is 11.5 Å². The van der Waals surface area contributed by atoms with E-state index in [1.165, 1.54) is 6.20 Å². The third-order valence-electron chi connectivity index (χ3n) is 4.84. The minimum absolute atomic E-state index is 0.0743. The first-order valence-corrected chi connectivity index (χ1v) is 9.99. The number of H-pyrrole nitrogens is 1. The molecule has 0 unspecified atom stereocenters. The highest BCUT2D eigenvalue weighted by atomic mass is 35.5. The molecule has 0 saturated carbocycles. The molecule has 158 valence electrons. The smallest absolute Gasteiger partial charge is 0.250 e. The van der Waals surface area contributed by atoms with E-state index in [9.17, 15) is 4.79 Å². The Morgan fingerprint density at radius 1 is 1.09 bits per heavy atom. The zero-order valence-corrected chi connectivity index (χ0v) is 17.9. The van der Waals surface area contributed by atoms with E-state index in [4.69, 9.17) is 28.8 Å². The highest BCUT2D eigenvalue weighted by molar-refractivity contribution is 6.31. The van der Waals surface area contributed by atoms with Crippen molar-refractivity contribution in [1.29, 1.82) is 0 Å². The summed E-state index contributed by atoms with van der Waals surface area (Å²) >= 11 is 6.18. The number of aromatic amines is 1. The molecule has 0 aliphatic rings. The average molecular weight is 443 g/mol. The zero-order valence-electron chi connectivity index (χ0n) is 17.1. The molecular formula is C24H19ClN6O. The zero-order chi connectivity index (χ0) is 22.8. The molecule has 7 N–H and O–H groups in total.